The maximum atomic E-state index is 9.60. The maximum Gasteiger partial charge on any atom is 0.119 e. The number of benzene rings is 2. The van der Waals surface area contributed by atoms with Crippen molar-refractivity contribution in [2.45, 2.75) is 75.0 Å². The van der Waals surface area contributed by atoms with Crippen molar-refractivity contribution in [1.82, 2.24) is 15.1 Å². The molecule has 4 saturated heterocycles. The number of hydrogen-bond acceptors (Lipinski definition) is 9. The molecule has 5 aliphatic rings. The molecule has 9 heteroatoms. The predicted octanol–water partition coefficient (Wildman–Crippen LogP) is 5.72. The van der Waals surface area contributed by atoms with Crippen molar-refractivity contribution in [1.29, 1.82) is 5.26 Å². The quantitative estimate of drug-likeness (QED) is 0.271. The normalized spacial score (nSPS) is 22.0. The molecule has 5 heterocycles. The monoisotopic (exact) mass is 671 g/mol. The van der Waals surface area contributed by atoms with Crippen LogP contribution < -0.4 is 14.8 Å². The van der Waals surface area contributed by atoms with E-state index >= 15 is 0 Å². The van der Waals surface area contributed by atoms with Gasteiger partial charge in [0.15, 0.2) is 0 Å². The molecule has 0 aromatic heterocycles. The minimum absolute atomic E-state index is 0.0109. The van der Waals surface area contributed by atoms with Crippen molar-refractivity contribution in [3.05, 3.63) is 59.7 Å². The predicted molar refractivity (Wildman–Crippen MR) is 194 cm³/mol. The number of hydrogen-bond donors (Lipinski definition) is 1. The Morgan fingerprint density at radius 3 is 1.65 bits per heavy atom. The van der Waals surface area contributed by atoms with Crippen LogP contribution in [0.1, 0.15) is 75.3 Å². The van der Waals surface area contributed by atoms with Crippen molar-refractivity contribution in [3.8, 4) is 17.6 Å². The van der Waals surface area contributed by atoms with Crippen LogP contribution in [0.2, 0.25) is 0 Å². The van der Waals surface area contributed by atoms with Gasteiger partial charge in [0.25, 0.3) is 0 Å². The first kappa shape index (κ1) is 35.7. The summed E-state index contributed by atoms with van der Waals surface area (Å²) in [4.78, 5) is 9.79. The minimum atomic E-state index is -0.382. The molecule has 2 aromatic rings. The average Bonchev–Trinajstić information content (AvgIpc) is 3.99. The highest BCUT2D eigenvalue weighted by atomic mass is 16.5. The zero-order valence-corrected chi connectivity index (χ0v) is 29.5. The Kier molecular flexibility index (Phi) is 13.2. The van der Waals surface area contributed by atoms with Crippen LogP contribution in [-0.2, 0) is 20.3 Å². The number of likely N-dealkylation sites (tertiary alicyclic amines) is 2. The highest BCUT2D eigenvalue weighted by molar-refractivity contribution is 5.94. The molecule has 1 N–H and O–H groups in total. The molecule has 266 valence electrons. The third-order valence-electron chi connectivity index (χ3n) is 11.0. The van der Waals surface area contributed by atoms with Crippen LogP contribution in [0.4, 0.5) is 0 Å². The van der Waals surface area contributed by atoms with E-state index in [0.717, 1.165) is 114 Å². The molecule has 9 nitrogen and oxygen atoms in total. The van der Waals surface area contributed by atoms with Crippen LogP contribution in [0.3, 0.4) is 0 Å². The summed E-state index contributed by atoms with van der Waals surface area (Å²) in [6, 6.07) is 19.3. The molecule has 2 aromatic carbocycles. The molecule has 0 radical (unpaired) electrons. The second-order valence-corrected chi connectivity index (χ2v) is 14.2. The largest absolute Gasteiger partial charge is 0.494 e. The van der Waals surface area contributed by atoms with E-state index < -0.39 is 0 Å². The molecule has 0 bridgehead atoms. The molecule has 0 saturated carbocycles. The van der Waals surface area contributed by atoms with Gasteiger partial charge in [-0.3, -0.25) is 4.99 Å². The Balaban J connectivity index is 0.000000171. The van der Waals surface area contributed by atoms with Crippen LogP contribution in [0.15, 0.2) is 53.5 Å². The van der Waals surface area contributed by atoms with Gasteiger partial charge in [-0.05, 0) is 126 Å². The van der Waals surface area contributed by atoms with E-state index in [0.29, 0.717) is 13.2 Å². The zero-order chi connectivity index (χ0) is 33.6. The van der Waals surface area contributed by atoms with Gasteiger partial charge in [0.1, 0.15) is 17.3 Å². The Hall–Kier alpha value is -3.16. The number of amidine groups is 1. The Bertz CT molecular complexity index is 1330. The van der Waals surface area contributed by atoms with Crippen LogP contribution in [0.5, 0.6) is 11.5 Å². The molecule has 0 spiro atoms. The van der Waals surface area contributed by atoms with Gasteiger partial charge < -0.3 is 34.1 Å². The summed E-state index contributed by atoms with van der Waals surface area (Å²) in [5.41, 5.74) is 2.03. The fourth-order valence-electron chi connectivity index (χ4n) is 7.99. The number of rotatable bonds is 13. The van der Waals surface area contributed by atoms with Crippen LogP contribution in [0, 0.1) is 11.3 Å². The highest BCUT2D eigenvalue weighted by Gasteiger charge is 2.40. The molecule has 0 atom stereocenters. The summed E-state index contributed by atoms with van der Waals surface area (Å²) in [5.74, 6) is 3.02. The lowest BCUT2D eigenvalue weighted by molar-refractivity contribution is 0.0675. The van der Waals surface area contributed by atoms with Crippen molar-refractivity contribution in [2.75, 3.05) is 92.0 Å². The topological polar surface area (TPSA) is 91.6 Å². The van der Waals surface area contributed by atoms with E-state index in [4.69, 9.17) is 23.9 Å². The standard InChI is InChI=1S/C21H31N3O2.C19H26N2O2/c1-2-13-24(12-1)14-3-15-26-19-6-4-18(5-7-19)21(8-16-25-17-9-21)20-22-10-11-23-20;20-16-19(8-14-22-15-9-19)17-4-6-18(7-5-17)23-13-3-12-21-10-1-2-11-21/h4-7H,1-3,8-17H2,(H,22,23);4-7H,1-3,8-15H2. The van der Waals surface area contributed by atoms with E-state index in [9.17, 15) is 5.26 Å². The summed E-state index contributed by atoms with van der Waals surface area (Å²) in [7, 11) is 0. The van der Waals surface area contributed by atoms with Crippen LogP contribution in [0.25, 0.3) is 0 Å². The van der Waals surface area contributed by atoms with Gasteiger partial charge in [-0.1, -0.05) is 24.3 Å². The molecule has 0 unspecified atom stereocenters. The van der Waals surface area contributed by atoms with Crippen molar-refractivity contribution >= 4 is 5.84 Å². The van der Waals surface area contributed by atoms with E-state index in [1.165, 1.54) is 57.4 Å². The molecule has 7 rings (SSSR count). The van der Waals surface area contributed by atoms with Crippen molar-refractivity contribution < 1.29 is 18.9 Å². The lowest BCUT2D eigenvalue weighted by Gasteiger charge is -2.37. The molecular formula is C40H57N5O4. The highest BCUT2D eigenvalue weighted by Crippen LogP contribution is 2.37. The Morgan fingerprint density at radius 1 is 0.694 bits per heavy atom. The third-order valence-corrected chi connectivity index (χ3v) is 11.0. The molecule has 5 aliphatic heterocycles. The van der Waals surface area contributed by atoms with Crippen molar-refractivity contribution in [3.63, 3.8) is 0 Å². The number of nitrogens with zero attached hydrogens (tertiary/aromatic N) is 4. The van der Waals surface area contributed by atoms with Crippen LogP contribution in [-0.4, -0.2) is 108 Å². The smallest absolute Gasteiger partial charge is 0.119 e. The van der Waals surface area contributed by atoms with Crippen molar-refractivity contribution in [2.24, 2.45) is 4.99 Å². The zero-order valence-electron chi connectivity index (χ0n) is 29.5. The number of ether oxygens (including phenoxy) is 4. The molecule has 0 amide bonds. The number of nitriles is 1. The fraction of sp³-hybridized carbons (Fsp3) is 0.650. The number of aliphatic imine (C=N–C) groups is 1. The Morgan fingerprint density at radius 2 is 1.18 bits per heavy atom. The Labute approximate surface area is 293 Å². The van der Waals surface area contributed by atoms with Gasteiger partial charge in [-0.25, -0.2) is 0 Å². The first-order valence-electron chi connectivity index (χ1n) is 19.0. The van der Waals surface area contributed by atoms with E-state index in [1.807, 2.05) is 24.3 Å². The summed E-state index contributed by atoms with van der Waals surface area (Å²) < 4.78 is 22.8. The van der Waals surface area contributed by atoms with Gasteiger partial charge >= 0.3 is 0 Å². The second-order valence-electron chi connectivity index (χ2n) is 14.2. The summed E-state index contributed by atoms with van der Waals surface area (Å²) in [5, 5.41) is 13.1. The number of nitrogens with one attached hydrogen (secondary N) is 1. The third kappa shape index (κ3) is 9.55. The lowest BCUT2D eigenvalue weighted by atomic mass is 9.73. The summed E-state index contributed by atoms with van der Waals surface area (Å²) in [6.07, 6.45) is 11.1. The molecule has 0 aliphatic carbocycles. The SMILES string of the molecule is N#CC1(c2ccc(OCCCN3CCCC3)cc2)CCOCC1.c1cc(C2(C3=NCCN3)CCOCC2)ccc1OCCCN1CCCC1. The van der Waals surface area contributed by atoms with Crippen LogP contribution >= 0.6 is 0 Å². The maximum absolute atomic E-state index is 9.60. The fourth-order valence-corrected chi connectivity index (χ4v) is 7.99. The van der Waals surface area contributed by atoms with E-state index in [2.05, 4.69) is 45.5 Å². The lowest BCUT2D eigenvalue weighted by Crippen LogP contribution is -2.46. The van der Waals surface area contributed by atoms with Gasteiger partial charge in [0.2, 0.25) is 0 Å². The van der Waals surface area contributed by atoms with Gasteiger partial charge in [-0.15, -0.1) is 0 Å². The molecular weight excluding hydrogens is 614 g/mol. The summed E-state index contributed by atoms with van der Waals surface area (Å²) in [6.45, 7) is 13.6. The van der Waals surface area contributed by atoms with Gasteiger partial charge in [-0.2, -0.15) is 5.26 Å². The van der Waals surface area contributed by atoms with Gasteiger partial charge in [0.05, 0.1) is 36.7 Å². The summed E-state index contributed by atoms with van der Waals surface area (Å²) >= 11 is 0. The van der Waals surface area contributed by atoms with Gasteiger partial charge in [0, 0.05) is 46.1 Å². The second kappa shape index (κ2) is 18.2. The molecule has 49 heavy (non-hydrogen) atoms. The molecule has 4 fully saturated rings. The van der Waals surface area contributed by atoms with E-state index in [-0.39, 0.29) is 10.8 Å². The van der Waals surface area contributed by atoms with E-state index in [1.54, 1.807) is 0 Å². The minimum Gasteiger partial charge on any atom is -0.494 e. The first-order valence-corrected chi connectivity index (χ1v) is 19.0. The average molecular weight is 672 g/mol. The first-order chi connectivity index (χ1) is 24.2.